The number of quaternary nitrogens is 1. The largest absolute Gasteiger partial charge is 0.473 e. The van der Waals surface area contributed by atoms with Gasteiger partial charge in [0.25, 0.3) is 0 Å². The average molecular weight is 360 g/mol. The predicted octanol–water partition coefficient (Wildman–Crippen LogP) is 3.11. The van der Waals surface area contributed by atoms with Gasteiger partial charge < -0.3 is 14.1 Å². The third-order valence-electron chi connectivity index (χ3n) is 6.51. The van der Waals surface area contributed by atoms with E-state index in [4.69, 9.17) is 9.73 Å². The number of piperazine rings is 1. The van der Waals surface area contributed by atoms with Crippen LogP contribution < -0.4 is 0 Å². The maximum absolute atomic E-state index is 5.99. The highest BCUT2D eigenvalue weighted by Crippen LogP contribution is 2.49. The van der Waals surface area contributed by atoms with Gasteiger partial charge in [0.1, 0.15) is 0 Å². The van der Waals surface area contributed by atoms with Crippen molar-refractivity contribution in [3.63, 3.8) is 0 Å². The summed E-state index contributed by atoms with van der Waals surface area (Å²) in [7, 11) is 2.33. The van der Waals surface area contributed by atoms with E-state index in [-0.39, 0.29) is 6.10 Å². The van der Waals surface area contributed by atoms with E-state index in [0.29, 0.717) is 0 Å². The summed E-state index contributed by atoms with van der Waals surface area (Å²) in [5.41, 5.74) is 4.55. The van der Waals surface area contributed by atoms with E-state index in [0.717, 1.165) is 37.2 Å². The monoisotopic (exact) mass is 360 g/mol. The van der Waals surface area contributed by atoms with Crippen molar-refractivity contribution < 1.29 is 9.22 Å². The molecule has 4 heteroatoms. The molecule has 2 unspecified atom stereocenters. The second kappa shape index (κ2) is 5.96. The van der Waals surface area contributed by atoms with Gasteiger partial charge in [-0.05, 0) is 34.9 Å². The second-order valence-electron chi connectivity index (χ2n) is 8.19. The van der Waals surface area contributed by atoms with Crippen LogP contribution in [0.5, 0.6) is 0 Å². The zero-order valence-corrected chi connectivity index (χ0v) is 15.8. The van der Waals surface area contributed by atoms with E-state index in [2.05, 4.69) is 67.1 Å². The number of ether oxygens (including phenoxy) is 1. The summed E-state index contributed by atoms with van der Waals surface area (Å²) in [6.07, 6.45) is 12.6. The normalized spacial score (nSPS) is 29.8. The van der Waals surface area contributed by atoms with Crippen LogP contribution >= 0.6 is 0 Å². The molecule has 4 aliphatic rings. The van der Waals surface area contributed by atoms with Gasteiger partial charge in [0.05, 0.1) is 39.8 Å². The summed E-state index contributed by atoms with van der Waals surface area (Å²) in [5, 5.41) is 0. The molecule has 0 amide bonds. The van der Waals surface area contributed by atoms with Crippen LogP contribution in [-0.4, -0.2) is 61.7 Å². The molecule has 1 aromatic rings. The lowest BCUT2D eigenvalue weighted by Crippen LogP contribution is -2.57. The Morgan fingerprint density at radius 2 is 2.11 bits per heavy atom. The first kappa shape index (κ1) is 16.6. The van der Waals surface area contributed by atoms with Crippen LogP contribution in [-0.2, 0) is 10.3 Å². The number of aliphatic imine (C=N–C) groups is 1. The smallest absolute Gasteiger partial charge is 0.171 e. The van der Waals surface area contributed by atoms with Crippen molar-refractivity contribution in [2.45, 2.75) is 11.6 Å². The fourth-order valence-electron chi connectivity index (χ4n) is 4.84. The van der Waals surface area contributed by atoms with Gasteiger partial charge >= 0.3 is 0 Å². The van der Waals surface area contributed by atoms with Gasteiger partial charge in [-0.1, -0.05) is 43.0 Å². The number of hydrogen-bond acceptors (Lipinski definition) is 3. The summed E-state index contributed by atoms with van der Waals surface area (Å²) in [6.45, 7) is 9.35. The van der Waals surface area contributed by atoms with Crippen LogP contribution in [0.2, 0.25) is 0 Å². The molecule has 4 nitrogen and oxygen atoms in total. The number of benzene rings is 1. The van der Waals surface area contributed by atoms with E-state index >= 15 is 0 Å². The summed E-state index contributed by atoms with van der Waals surface area (Å²) < 4.78 is 7.06. The maximum atomic E-state index is 5.99. The van der Waals surface area contributed by atoms with Crippen molar-refractivity contribution in [3.05, 3.63) is 77.5 Å². The molecule has 138 valence electrons. The van der Waals surface area contributed by atoms with Crippen LogP contribution in [0.15, 0.2) is 71.4 Å². The summed E-state index contributed by atoms with van der Waals surface area (Å²) in [5.74, 6) is 0. The molecule has 2 aliphatic carbocycles. The molecule has 2 atom stereocenters. The lowest BCUT2D eigenvalue weighted by Gasteiger charge is -2.44. The van der Waals surface area contributed by atoms with Crippen LogP contribution in [0.4, 0.5) is 0 Å². The lowest BCUT2D eigenvalue weighted by molar-refractivity contribution is -0.907. The quantitative estimate of drug-likeness (QED) is 0.611. The van der Waals surface area contributed by atoms with E-state index in [9.17, 15) is 0 Å². The van der Waals surface area contributed by atoms with Gasteiger partial charge in [0, 0.05) is 5.70 Å². The zero-order chi connectivity index (χ0) is 18.5. The first-order valence-electron chi connectivity index (χ1n) is 9.75. The van der Waals surface area contributed by atoms with Gasteiger partial charge in [0.15, 0.2) is 18.0 Å². The Bertz CT molecular complexity index is 902. The fourth-order valence-corrected chi connectivity index (χ4v) is 4.84. The maximum Gasteiger partial charge on any atom is 0.171 e. The number of hydrogen-bond donors (Lipinski definition) is 0. The van der Waals surface area contributed by atoms with Crippen molar-refractivity contribution in [2.24, 2.45) is 4.99 Å². The van der Waals surface area contributed by atoms with Crippen LogP contribution in [0.25, 0.3) is 6.08 Å². The molecule has 1 aromatic carbocycles. The molecule has 1 saturated heterocycles. The Labute approximate surface area is 161 Å². The number of fused-ring (bicyclic) bond motifs is 1. The topological polar surface area (TPSA) is 24.8 Å². The van der Waals surface area contributed by atoms with E-state index in [1.165, 1.54) is 22.4 Å². The number of rotatable bonds is 3. The van der Waals surface area contributed by atoms with Crippen LogP contribution in [0, 0.1) is 0 Å². The van der Waals surface area contributed by atoms with Crippen LogP contribution in [0.1, 0.15) is 11.1 Å². The van der Waals surface area contributed by atoms with Gasteiger partial charge in [-0.15, -0.1) is 0 Å². The molecule has 2 heterocycles. The minimum absolute atomic E-state index is 0.0745. The molecule has 0 radical (unpaired) electrons. The highest BCUT2D eigenvalue weighted by atomic mass is 16.5. The highest BCUT2D eigenvalue weighted by molar-refractivity contribution is 5.72. The fraction of sp³-hybridized carbons (Fsp3) is 0.348. The van der Waals surface area contributed by atoms with Crippen molar-refractivity contribution in [1.82, 2.24) is 4.90 Å². The number of allylic oxidation sites excluding steroid dienone is 1. The summed E-state index contributed by atoms with van der Waals surface area (Å²) >= 11 is 0. The third-order valence-corrected chi connectivity index (χ3v) is 6.51. The van der Waals surface area contributed by atoms with Crippen molar-refractivity contribution >= 4 is 12.5 Å². The van der Waals surface area contributed by atoms with Crippen molar-refractivity contribution in [1.29, 1.82) is 0 Å². The molecule has 1 spiro atoms. The third kappa shape index (κ3) is 2.43. The van der Waals surface area contributed by atoms with Gasteiger partial charge in [-0.25, -0.2) is 4.99 Å². The van der Waals surface area contributed by atoms with E-state index < -0.39 is 5.54 Å². The van der Waals surface area contributed by atoms with E-state index in [1.807, 2.05) is 6.08 Å². The molecule has 0 aromatic heterocycles. The molecule has 0 N–H and O–H groups in total. The standard InChI is InChI=1S/C23H26N3O/c1-3-12-26(2)13-10-25(11-14-26)20-15-19-9-8-18-6-4-5-7-21(18)23(19)22(16-20)27-17-24-23/h3-9,15-17,22H,1,10-14H2,2H3/q+1. The molecule has 5 rings (SSSR count). The van der Waals surface area contributed by atoms with Crippen LogP contribution in [0.3, 0.4) is 0 Å². The van der Waals surface area contributed by atoms with Gasteiger partial charge in [-0.3, -0.25) is 0 Å². The predicted molar refractivity (Wildman–Crippen MR) is 109 cm³/mol. The Morgan fingerprint density at radius 3 is 2.93 bits per heavy atom. The SMILES string of the molecule is C=CC[N+]1(C)CCN(C2=CC3OC=NC34C(=C2)C=Cc2ccccc24)CC1. The van der Waals surface area contributed by atoms with Gasteiger partial charge in [0.2, 0.25) is 0 Å². The minimum atomic E-state index is -0.419. The molecule has 2 aliphatic heterocycles. The Hall–Kier alpha value is -2.59. The Morgan fingerprint density at radius 1 is 1.30 bits per heavy atom. The molecule has 27 heavy (non-hydrogen) atoms. The molecule has 0 saturated carbocycles. The molecular formula is C23H26N3O+. The number of nitrogens with zero attached hydrogens (tertiary/aromatic N) is 3. The number of likely N-dealkylation sites (N-methyl/N-ethyl adjacent to an activating group) is 1. The second-order valence-corrected chi connectivity index (χ2v) is 8.19. The van der Waals surface area contributed by atoms with Gasteiger partial charge in [-0.2, -0.15) is 0 Å². The highest BCUT2D eigenvalue weighted by Gasteiger charge is 2.50. The molecule has 0 bridgehead atoms. The Balaban J connectivity index is 1.47. The average Bonchev–Trinajstić information content (AvgIpc) is 3.11. The van der Waals surface area contributed by atoms with Crippen molar-refractivity contribution in [3.8, 4) is 0 Å². The summed E-state index contributed by atoms with van der Waals surface area (Å²) in [4.78, 5) is 7.33. The first-order chi connectivity index (χ1) is 13.1. The lowest BCUT2D eigenvalue weighted by atomic mass is 9.71. The van der Waals surface area contributed by atoms with Crippen molar-refractivity contribution in [2.75, 3.05) is 39.8 Å². The minimum Gasteiger partial charge on any atom is -0.473 e. The molecular weight excluding hydrogens is 334 g/mol. The molecule has 1 fully saturated rings. The summed E-state index contributed by atoms with van der Waals surface area (Å²) in [6, 6.07) is 8.52. The Kier molecular flexibility index (Phi) is 3.66. The first-order valence-corrected chi connectivity index (χ1v) is 9.75. The zero-order valence-electron chi connectivity index (χ0n) is 15.8. The van der Waals surface area contributed by atoms with E-state index in [1.54, 1.807) is 6.40 Å².